The molecule has 15 nitrogen and oxygen atoms in total. The van der Waals surface area contributed by atoms with E-state index in [1.54, 1.807) is 11.7 Å². The van der Waals surface area contributed by atoms with E-state index in [1.807, 2.05) is 11.1 Å². The van der Waals surface area contributed by atoms with Crippen LogP contribution >= 0.6 is 0 Å². The van der Waals surface area contributed by atoms with Crippen LogP contribution in [0.2, 0.25) is 0 Å². The first-order valence-corrected chi connectivity index (χ1v) is 17.6. The lowest BCUT2D eigenvalue weighted by Crippen LogP contribution is -2.38. The monoisotopic (exact) mass is 690 g/mol. The molecule has 3 aliphatic carbocycles. The summed E-state index contributed by atoms with van der Waals surface area (Å²) in [6, 6.07) is 0.454. The third kappa shape index (κ3) is 13.8. The minimum atomic E-state index is -0.394. The standard InChI is InChI=1S/C23H40N4O4.C8H16N2O.CH5N.CH4O.H2O2/c1-18-10-19-12-22(11-18)17-23(22,13-19)31-9-8-30-7-5-27-16-20(25-26-27)14-24-15-21(29)4-2-3-6-28;1-7-4-3-5-10(7)8(11)6-9-2;3*1-2/h16,18-19,21,24,28-29H,2-15,17H2,1H3;7,9H,3-6H2,1-2H3;2H2,1H3;2H,1H3;1-2H/t;7-;;;/m.1.../s1. The average molecular weight is 690 g/mol. The number of likely N-dealkylation sites (N-methyl/N-ethyl adjacent to an activating group) is 1. The van der Waals surface area contributed by atoms with Crippen LogP contribution in [0.3, 0.4) is 0 Å². The summed E-state index contributed by atoms with van der Waals surface area (Å²) in [5.41, 5.74) is 6.05. The fraction of sp³-hybridized carbons (Fsp3) is 0.909. The van der Waals surface area contributed by atoms with E-state index in [9.17, 15) is 9.90 Å². The third-order valence-electron chi connectivity index (χ3n) is 9.73. The van der Waals surface area contributed by atoms with Crippen LogP contribution in [0.1, 0.15) is 83.7 Å². The van der Waals surface area contributed by atoms with Crippen molar-refractivity contribution in [2.45, 2.75) is 109 Å². The topological polar surface area (TPSA) is 221 Å². The van der Waals surface area contributed by atoms with Crippen molar-refractivity contribution < 1.29 is 40.1 Å². The molecule has 1 aromatic heterocycles. The van der Waals surface area contributed by atoms with Gasteiger partial charge in [0.1, 0.15) is 0 Å². The third-order valence-corrected chi connectivity index (χ3v) is 9.73. The maximum Gasteiger partial charge on any atom is 0.236 e. The Bertz CT molecular complexity index is 976. The van der Waals surface area contributed by atoms with Crippen LogP contribution in [-0.4, -0.2) is 137 Å². The Balaban J connectivity index is 0.000000567. The maximum atomic E-state index is 11.3. The predicted octanol–water partition coefficient (Wildman–Crippen LogP) is 1.31. The summed E-state index contributed by atoms with van der Waals surface area (Å²) in [4.78, 5) is 13.3. The van der Waals surface area contributed by atoms with Gasteiger partial charge in [-0.05, 0) is 97.1 Å². The molecule has 3 saturated carbocycles. The Morgan fingerprint density at radius 2 is 1.90 bits per heavy atom. The van der Waals surface area contributed by atoms with E-state index in [-0.39, 0.29) is 18.1 Å². The number of amides is 1. The van der Waals surface area contributed by atoms with Crippen LogP contribution in [0.4, 0.5) is 0 Å². The van der Waals surface area contributed by atoms with Crippen LogP contribution in [0.25, 0.3) is 0 Å². The minimum Gasteiger partial charge on any atom is -0.400 e. The number of ether oxygens (including phenoxy) is 2. The fourth-order valence-corrected chi connectivity index (χ4v) is 7.83. The van der Waals surface area contributed by atoms with E-state index in [1.165, 1.54) is 39.2 Å². The number of carbonyl (C=O) groups is 1. The van der Waals surface area contributed by atoms with E-state index in [2.05, 4.69) is 40.5 Å². The average Bonchev–Trinajstić information content (AvgIpc) is 3.48. The highest BCUT2D eigenvalue weighted by Crippen LogP contribution is 2.76. The number of aromatic nitrogens is 3. The van der Waals surface area contributed by atoms with Crippen molar-refractivity contribution in [1.82, 2.24) is 30.5 Å². The molecule has 1 amide bonds. The zero-order chi connectivity index (χ0) is 36.0. The molecule has 1 aliphatic heterocycles. The van der Waals surface area contributed by atoms with E-state index in [0.717, 1.165) is 56.9 Å². The summed E-state index contributed by atoms with van der Waals surface area (Å²) in [6.07, 6.45) is 12.8. The van der Waals surface area contributed by atoms with Crippen LogP contribution in [0.5, 0.6) is 0 Å². The largest absolute Gasteiger partial charge is 0.400 e. The number of rotatable bonds is 17. The lowest BCUT2D eigenvalue weighted by atomic mass is 9.77. The summed E-state index contributed by atoms with van der Waals surface area (Å²) in [5.74, 6) is 1.99. The predicted molar refractivity (Wildman–Crippen MR) is 184 cm³/mol. The van der Waals surface area contributed by atoms with Gasteiger partial charge in [0, 0.05) is 51.0 Å². The van der Waals surface area contributed by atoms with Crippen LogP contribution in [-0.2, 0) is 27.4 Å². The zero-order valence-electron chi connectivity index (χ0n) is 30.1. The molecule has 4 aliphatic rings. The molecular formula is C33H67N7O8. The van der Waals surface area contributed by atoms with Gasteiger partial charge in [0.05, 0.1) is 50.3 Å². The molecule has 0 radical (unpaired) electrons. The van der Waals surface area contributed by atoms with Gasteiger partial charge < -0.3 is 46.1 Å². The first-order valence-electron chi connectivity index (χ1n) is 17.6. The van der Waals surface area contributed by atoms with Crippen molar-refractivity contribution in [3.63, 3.8) is 0 Å². The van der Waals surface area contributed by atoms with Crippen molar-refractivity contribution in [2.75, 3.05) is 67.3 Å². The van der Waals surface area contributed by atoms with Crippen LogP contribution < -0.4 is 16.4 Å². The number of carbonyl (C=O) groups excluding carboxylic acids is 1. The molecule has 1 aromatic rings. The smallest absolute Gasteiger partial charge is 0.236 e. The van der Waals surface area contributed by atoms with Gasteiger partial charge in [0.2, 0.25) is 5.91 Å². The number of likely N-dealkylation sites (tertiary alicyclic amines) is 1. The molecule has 15 heteroatoms. The molecule has 282 valence electrons. The normalized spacial score (nSPS) is 26.7. The van der Waals surface area contributed by atoms with Crippen molar-refractivity contribution in [1.29, 1.82) is 0 Å². The Morgan fingerprint density at radius 3 is 2.56 bits per heavy atom. The lowest BCUT2D eigenvalue weighted by Gasteiger charge is -2.27. The fourth-order valence-electron chi connectivity index (χ4n) is 7.83. The number of nitrogens with two attached hydrogens (primary N) is 1. The van der Waals surface area contributed by atoms with Gasteiger partial charge in [-0.3, -0.25) is 15.3 Å². The van der Waals surface area contributed by atoms with Gasteiger partial charge in [0.15, 0.2) is 0 Å². The van der Waals surface area contributed by atoms with Crippen molar-refractivity contribution >= 4 is 5.91 Å². The van der Waals surface area contributed by atoms with Crippen molar-refractivity contribution in [3.05, 3.63) is 11.9 Å². The Morgan fingerprint density at radius 1 is 1.15 bits per heavy atom. The number of nitrogens with zero attached hydrogens (tertiary/aromatic N) is 4. The van der Waals surface area contributed by atoms with Crippen LogP contribution in [0.15, 0.2) is 6.20 Å². The first kappa shape index (κ1) is 44.2. The van der Waals surface area contributed by atoms with Gasteiger partial charge >= 0.3 is 0 Å². The molecule has 6 atom stereocenters. The highest BCUT2D eigenvalue weighted by atomic mass is 17.0. The van der Waals surface area contributed by atoms with Gasteiger partial charge in [-0.25, -0.2) is 4.68 Å². The van der Waals surface area contributed by atoms with Crippen molar-refractivity contribution in [2.24, 2.45) is 23.0 Å². The van der Waals surface area contributed by atoms with Crippen LogP contribution in [0, 0.1) is 17.3 Å². The second-order valence-electron chi connectivity index (χ2n) is 13.3. The Labute approximate surface area is 287 Å². The van der Waals surface area contributed by atoms with Gasteiger partial charge in [-0.2, -0.15) is 0 Å². The second-order valence-corrected chi connectivity index (χ2v) is 13.3. The Kier molecular flexibility index (Phi) is 22.5. The number of aliphatic hydroxyl groups is 3. The molecule has 48 heavy (non-hydrogen) atoms. The molecule has 5 rings (SSSR count). The molecule has 4 fully saturated rings. The summed E-state index contributed by atoms with van der Waals surface area (Å²) >= 11 is 0. The molecule has 2 bridgehead atoms. The molecule has 9 N–H and O–H groups in total. The molecule has 0 aromatic carbocycles. The van der Waals surface area contributed by atoms with E-state index in [0.29, 0.717) is 63.9 Å². The number of hydrogen-bond donors (Lipinski definition) is 8. The van der Waals surface area contributed by atoms with Crippen molar-refractivity contribution in [3.8, 4) is 0 Å². The van der Waals surface area contributed by atoms with E-state index >= 15 is 0 Å². The van der Waals surface area contributed by atoms with E-state index < -0.39 is 6.10 Å². The summed E-state index contributed by atoms with van der Waals surface area (Å²) in [7, 11) is 4.30. The highest BCUT2D eigenvalue weighted by Gasteiger charge is 2.74. The molecule has 1 saturated heterocycles. The second kappa shape index (κ2) is 24.4. The SMILES string of the molecule is CC1CC2CC3(C1)CC3(OCCOCCn1cc(CNCC(O)CCCCO)nn1)C2.CN.CNCC(=O)N1CCC[C@H]1C.CO.OO. The zero-order valence-corrected chi connectivity index (χ0v) is 30.1. The highest BCUT2D eigenvalue weighted by molar-refractivity contribution is 5.78. The quantitative estimate of drug-likeness (QED) is 0.0658. The number of fused-ring (bicyclic) bond motifs is 1. The molecule has 2 heterocycles. The number of hydrogen-bond acceptors (Lipinski definition) is 13. The number of aliphatic hydroxyl groups excluding tert-OH is 3. The molecular weight excluding hydrogens is 622 g/mol. The summed E-state index contributed by atoms with van der Waals surface area (Å²) in [6.45, 7) is 9.81. The molecule has 5 unspecified atom stereocenters. The maximum absolute atomic E-state index is 11.3. The number of unbranched alkanes of at least 4 members (excludes halogenated alkanes) is 1. The summed E-state index contributed by atoms with van der Waals surface area (Å²) < 4.78 is 13.9. The minimum absolute atomic E-state index is 0.182. The first-order chi connectivity index (χ1) is 23.3. The van der Waals surface area contributed by atoms with Gasteiger partial charge in [0.25, 0.3) is 0 Å². The van der Waals surface area contributed by atoms with Gasteiger partial charge in [-0.15, -0.1) is 5.10 Å². The molecule has 1 spiro atoms. The summed E-state index contributed by atoms with van der Waals surface area (Å²) in [5, 5.41) is 52.0. The van der Waals surface area contributed by atoms with E-state index in [4.69, 9.17) is 30.2 Å². The lowest BCUT2D eigenvalue weighted by molar-refractivity contribution is -0.176. The Hall–Kier alpha value is -1.79. The van der Waals surface area contributed by atoms with Gasteiger partial charge in [-0.1, -0.05) is 12.1 Å². The number of nitrogens with one attached hydrogen (secondary N) is 2.